The summed E-state index contributed by atoms with van der Waals surface area (Å²) in [5.74, 6) is 0.905. The Kier molecular flexibility index (Phi) is 8.51. The van der Waals surface area contributed by atoms with Gasteiger partial charge in [-0.1, -0.05) is 146 Å². The van der Waals surface area contributed by atoms with Gasteiger partial charge >= 0.3 is 0 Å². The fourth-order valence-electron chi connectivity index (χ4n) is 7.76. The number of anilines is 3. The van der Waals surface area contributed by atoms with Crippen molar-refractivity contribution in [2.24, 2.45) is 0 Å². The molecule has 1 heterocycles. The van der Waals surface area contributed by atoms with E-state index < -0.39 is 0 Å². The van der Waals surface area contributed by atoms with Crippen molar-refractivity contribution in [1.82, 2.24) is 9.55 Å². The van der Waals surface area contributed by atoms with E-state index in [-0.39, 0.29) is 0 Å². The second-order valence-electron chi connectivity index (χ2n) is 14.1. The van der Waals surface area contributed by atoms with Crippen LogP contribution in [0.4, 0.5) is 17.1 Å². The van der Waals surface area contributed by atoms with Crippen LogP contribution in [0.2, 0.25) is 0 Å². The van der Waals surface area contributed by atoms with Crippen molar-refractivity contribution in [3.8, 4) is 5.69 Å². The summed E-state index contributed by atoms with van der Waals surface area (Å²) in [6, 6.07) is 71.2. The zero-order valence-electron chi connectivity index (χ0n) is 30.7. The average molecular weight is 716 g/mol. The van der Waals surface area contributed by atoms with Crippen LogP contribution in [-0.4, -0.2) is 9.55 Å². The number of nitrogens with zero attached hydrogens (tertiary/aromatic N) is 3. The Balaban J connectivity index is 0.902. The third kappa shape index (κ3) is 6.42. The summed E-state index contributed by atoms with van der Waals surface area (Å²) in [5.41, 5.74) is 10.1. The zero-order chi connectivity index (χ0) is 37.3. The first-order valence-corrected chi connectivity index (χ1v) is 19.0. The van der Waals surface area contributed by atoms with Gasteiger partial charge in [0.1, 0.15) is 5.82 Å². The molecule has 3 heteroatoms. The lowest BCUT2D eigenvalue weighted by atomic mass is 10.0. The summed E-state index contributed by atoms with van der Waals surface area (Å²) in [6.07, 6.45) is 8.67. The maximum atomic E-state index is 4.95. The minimum atomic E-state index is 0.905. The summed E-state index contributed by atoms with van der Waals surface area (Å²) >= 11 is 0. The minimum Gasteiger partial charge on any atom is -0.310 e. The predicted octanol–water partition coefficient (Wildman–Crippen LogP) is 14.3. The fraction of sp³-hybridized carbons (Fsp3) is 0. The number of hydrogen-bond donors (Lipinski definition) is 0. The van der Waals surface area contributed by atoms with Crippen molar-refractivity contribution in [1.29, 1.82) is 0 Å². The molecule has 0 amide bonds. The normalized spacial score (nSPS) is 11.8. The van der Waals surface area contributed by atoms with Gasteiger partial charge in [-0.15, -0.1) is 0 Å². The van der Waals surface area contributed by atoms with E-state index in [9.17, 15) is 0 Å². The van der Waals surface area contributed by atoms with Gasteiger partial charge in [-0.3, -0.25) is 4.57 Å². The van der Waals surface area contributed by atoms with Crippen LogP contribution in [0.1, 0.15) is 22.5 Å². The van der Waals surface area contributed by atoms with Crippen LogP contribution >= 0.6 is 0 Å². The molecule has 9 aromatic carbocycles. The van der Waals surface area contributed by atoms with Crippen molar-refractivity contribution in [3.63, 3.8) is 0 Å². The molecule has 0 spiro atoms. The van der Waals surface area contributed by atoms with Crippen LogP contribution in [0, 0.1) is 0 Å². The predicted molar refractivity (Wildman–Crippen MR) is 239 cm³/mol. The highest BCUT2D eigenvalue weighted by atomic mass is 15.1. The molecule has 0 saturated heterocycles. The van der Waals surface area contributed by atoms with Gasteiger partial charge < -0.3 is 4.90 Å². The monoisotopic (exact) mass is 715 g/mol. The van der Waals surface area contributed by atoms with Gasteiger partial charge in [0.05, 0.1) is 16.7 Å². The second-order valence-corrected chi connectivity index (χ2v) is 14.1. The van der Waals surface area contributed by atoms with Gasteiger partial charge in [-0.05, 0) is 122 Å². The van der Waals surface area contributed by atoms with E-state index in [0.717, 1.165) is 45.2 Å². The molecule has 0 fully saturated rings. The fourth-order valence-corrected chi connectivity index (χ4v) is 7.76. The van der Waals surface area contributed by atoms with Crippen molar-refractivity contribution in [3.05, 3.63) is 223 Å². The Morgan fingerprint density at radius 1 is 0.393 bits per heavy atom. The molecule has 0 aliphatic rings. The molecule has 0 radical (unpaired) electrons. The van der Waals surface area contributed by atoms with Crippen LogP contribution < -0.4 is 4.90 Å². The largest absolute Gasteiger partial charge is 0.310 e. The number of para-hydroxylation sites is 4. The van der Waals surface area contributed by atoms with E-state index >= 15 is 0 Å². The SMILES string of the molecule is C(=C\c1ccc2cc(N(c3ccccc3)c3cccc4ccccc34)ccc2c1)/c1ccc2cc(/C=C/c3nc4ccccc4n3-c3ccccc3)ccc2c1. The van der Waals surface area contributed by atoms with Gasteiger partial charge in [0.2, 0.25) is 0 Å². The van der Waals surface area contributed by atoms with Gasteiger partial charge in [0.25, 0.3) is 0 Å². The van der Waals surface area contributed by atoms with Crippen LogP contribution in [0.25, 0.3) is 73.3 Å². The lowest BCUT2D eigenvalue weighted by molar-refractivity contribution is 1.07. The first kappa shape index (κ1) is 33.1. The Hall–Kier alpha value is -7.49. The van der Waals surface area contributed by atoms with Gasteiger partial charge in [0.15, 0.2) is 0 Å². The number of hydrogen-bond acceptors (Lipinski definition) is 2. The second kappa shape index (κ2) is 14.4. The molecule has 56 heavy (non-hydrogen) atoms. The number of aromatic nitrogens is 2. The summed E-state index contributed by atoms with van der Waals surface area (Å²) in [7, 11) is 0. The molecule has 0 aliphatic heterocycles. The molecule has 0 atom stereocenters. The third-order valence-electron chi connectivity index (χ3n) is 10.5. The van der Waals surface area contributed by atoms with Gasteiger partial charge in [-0.25, -0.2) is 4.98 Å². The molecule has 0 saturated carbocycles. The van der Waals surface area contributed by atoms with Gasteiger partial charge in [-0.2, -0.15) is 0 Å². The van der Waals surface area contributed by atoms with E-state index in [2.05, 4.69) is 222 Å². The van der Waals surface area contributed by atoms with Crippen molar-refractivity contribution >= 4 is 84.7 Å². The summed E-state index contributed by atoms with van der Waals surface area (Å²) in [4.78, 5) is 7.31. The van der Waals surface area contributed by atoms with Crippen LogP contribution in [0.5, 0.6) is 0 Å². The minimum absolute atomic E-state index is 0.905. The zero-order valence-corrected chi connectivity index (χ0v) is 30.7. The van der Waals surface area contributed by atoms with E-state index in [0.29, 0.717) is 0 Å². The highest BCUT2D eigenvalue weighted by molar-refractivity contribution is 6.00. The molecule has 0 N–H and O–H groups in total. The lowest BCUT2D eigenvalue weighted by Crippen LogP contribution is -2.10. The van der Waals surface area contributed by atoms with Gasteiger partial charge in [0, 0.05) is 22.4 Å². The van der Waals surface area contributed by atoms with E-state index in [1.54, 1.807) is 0 Å². The quantitative estimate of drug-likeness (QED) is 0.146. The molecule has 3 nitrogen and oxygen atoms in total. The molecule has 10 rings (SSSR count). The maximum absolute atomic E-state index is 4.95. The molecular weight excluding hydrogens is 679 g/mol. The van der Waals surface area contributed by atoms with Crippen molar-refractivity contribution < 1.29 is 0 Å². The highest BCUT2D eigenvalue weighted by Gasteiger charge is 2.15. The Morgan fingerprint density at radius 2 is 0.946 bits per heavy atom. The Labute approximate surface area is 326 Å². The van der Waals surface area contributed by atoms with Crippen molar-refractivity contribution in [2.75, 3.05) is 4.90 Å². The number of rotatable bonds is 8. The average Bonchev–Trinajstić information content (AvgIpc) is 3.64. The summed E-state index contributed by atoms with van der Waals surface area (Å²) in [5, 5.41) is 7.28. The number of imidazole rings is 1. The summed E-state index contributed by atoms with van der Waals surface area (Å²) in [6.45, 7) is 0. The molecule has 0 unspecified atom stereocenters. The molecule has 0 bridgehead atoms. The Morgan fingerprint density at radius 3 is 1.66 bits per heavy atom. The highest BCUT2D eigenvalue weighted by Crippen LogP contribution is 2.40. The molecule has 1 aromatic heterocycles. The maximum Gasteiger partial charge on any atom is 0.138 e. The third-order valence-corrected chi connectivity index (χ3v) is 10.5. The molecule has 10 aromatic rings. The van der Waals surface area contributed by atoms with E-state index in [4.69, 9.17) is 4.98 Å². The van der Waals surface area contributed by atoms with E-state index in [1.807, 2.05) is 12.1 Å². The lowest BCUT2D eigenvalue weighted by Gasteiger charge is -2.27. The van der Waals surface area contributed by atoms with Crippen molar-refractivity contribution in [2.45, 2.75) is 0 Å². The molecule has 264 valence electrons. The van der Waals surface area contributed by atoms with Crippen LogP contribution in [-0.2, 0) is 0 Å². The number of fused-ring (bicyclic) bond motifs is 4. The molecular formula is C53H37N3. The first-order chi connectivity index (χ1) is 27.7. The van der Waals surface area contributed by atoms with Crippen LogP contribution in [0.15, 0.2) is 200 Å². The van der Waals surface area contributed by atoms with E-state index in [1.165, 1.54) is 43.4 Å². The first-order valence-electron chi connectivity index (χ1n) is 19.0. The molecule has 0 aliphatic carbocycles. The van der Waals surface area contributed by atoms with Crippen LogP contribution in [0.3, 0.4) is 0 Å². The summed E-state index contributed by atoms with van der Waals surface area (Å²) < 4.78 is 2.21. The topological polar surface area (TPSA) is 21.1 Å². The Bertz CT molecular complexity index is 3080. The standard InChI is InChI=1S/C53H37N3/c1-3-14-46(15-4-1)55(51-21-11-13-41-12-7-8-18-49(41)51)48-32-31-44-35-39(26-30-45(44)37-48)23-22-38-24-28-43-36-40(25-29-42(43)34-38)27-33-53-54-50-19-9-10-20-52(50)56(53)47-16-5-2-6-17-47/h1-37H/b23-22+,33-27+. The number of benzene rings is 9. The smallest absolute Gasteiger partial charge is 0.138 e.